The van der Waals surface area contributed by atoms with E-state index in [1.54, 1.807) is 19.1 Å². The Balaban J connectivity index is 2.17. The van der Waals surface area contributed by atoms with Crippen molar-refractivity contribution in [1.82, 2.24) is 0 Å². The molecule has 3 nitrogen and oxygen atoms in total. The summed E-state index contributed by atoms with van der Waals surface area (Å²) in [4.78, 5) is 12.3. The normalized spacial score (nSPS) is 31.9. The molecule has 2 atom stereocenters. The van der Waals surface area contributed by atoms with Crippen LogP contribution in [0.25, 0.3) is 0 Å². The minimum atomic E-state index is -1.33. The highest BCUT2D eigenvalue weighted by Gasteiger charge is 2.55. The van der Waals surface area contributed by atoms with Crippen molar-refractivity contribution in [2.75, 3.05) is 17.7 Å². The number of rotatable bonds is 2. The maximum absolute atomic E-state index is 12.3. The quantitative estimate of drug-likeness (QED) is 0.852. The first-order chi connectivity index (χ1) is 8.46. The molecule has 1 aliphatic rings. The molecule has 0 radical (unpaired) electrons. The Morgan fingerprint density at radius 2 is 2.06 bits per heavy atom. The molecule has 2 unspecified atom stereocenters. The molecule has 6 heteroatoms. The van der Waals surface area contributed by atoms with Crippen LogP contribution in [0.1, 0.15) is 6.92 Å². The largest absolute Gasteiger partial charge is 0.356 e. The molecule has 18 heavy (non-hydrogen) atoms. The standard InChI is InChI=1S/C12H13Cl2NO2S/c1-11(13)12(14,18-8-7-17-11)10(16)15-9-5-3-2-4-6-9/h2-6H,7-8H2,1H3,(H,15,16). The van der Waals surface area contributed by atoms with Crippen LogP contribution < -0.4 is 5.32 Å². The third-order valence-corrected chi connectivity index (χ3v) is 5.46. The Bertz CT molecular complexity index is 441. The molecule has 0 saturated carbocycles. The summed E-state index contributed by atoms with van der Waals surface area (Å²) in [5.74, 6) is 0.270. The number of carbonyl (C=O) groups is 1. The lowest BCUT2D eigenvalue weighted by Crippen LogP contribution is -2.54. The van der Waals surface area contributed by atoms with Crippen LogP contribution in [-0.2, 0) is 9.53 Å². The Hall–Kier alpha value is -0.420. The van der Waals surface area contributed by atoms with Gasteiger partial charge in [0, 0.05) is 11.4 Å². The molecule has 1 saturated heterocycles. The number of amides is 1. The summed E-state index contributed by atoms with van der Waals surface area (Å²) in [5, 5.41) is 1.53. The SMILES string of the molecule is CC1(Cl)OCCSC1(Cl)C(=O)Nc1ccccc1. The highest BCUT2D eigenvalue weighted by Crippen LogP contribution is 2.48. The van der Waals surface area contributed by atoms with Crippen LogP contribution in [0.2, 0.25) is 0 Å². The van der Waals surface area contributed by atoms with Crippen LogP contribution in [0.4, 0.5) is 5.69 Å². The average Bonchev–Trinajstić information content (AvgIpc) is 2.34. The first kappa shape index (κ1) is 14.0. The van der Waals surface area contributed by atoms with Crippen molar-refractivity contribution in [3.63, 3.8) is 0 Å². The number of thioether (sulfide) groups is 1. The van der Waals surface area contributed by atoms with Crippen molar-refractivity contribution in [3.05, 3.63) is 30.3 Å². The van der Waals surface area contributed by atoms with Gasteiger partial charge in [-0.2, -0.15) is 0 Å². The van der Waals surface area contributed by atoms with Crippen LogP contribution >= 0.6 is 35.0 Å². The molecule has 0 spiro atoms. The van der Waals surface area contributed by atoms with Gasteiger partial charge in [0.1, 0.15) is 0 Å². The van der Waals surface area contributed by atoms with E-state index in [2.05, 4.69) is 5.32 Å². The van der Waals surface area contributed by atoms with Gasteiger partial charge in [-0.1, -0.05) is 41.4 Å². The number of alkyl halides is 2. The molecular formula is C12H13Cl2NO2S. The first-order valence-electron chi connectivity index (χ1n) is 5.48. The minimum absolute atomic E-state index is 0.363. The lowest BCUT2D eigenvalue weighted by Gasteiger charge is -2.41. The van der Waals surface area contributed by atoms with Gasteiger partial charge in [-0.05, 0) is 19.1 Å². The number of anilines is 1. The maximum atomic E-state index is 12.3. The summed E-state index contributed by atoms with van der Waals surface area (Å²) >= 11 is 13.9. The molecular weight excluding hydrogens is 293 g/mol. The monoisotopic (exact) mass is 305 g/mol. The van der Waals surface area contributed by atoms with Crippen LogP contribution in [0.15, 0.2) is 30.3 Å². The number of nitrogens with one attached hydrogen (secondary N) is 1. The van der Waals surface area contributed by atoms with E-state index in [-0.39, 0.29) is 5.91 Å². The smallest absolute Gasteiger partial charge is 0.260 e. The van der Waals surface area contributed by atoms with E-state index in [4.69, 9.17) is 27.9 Å². The maximum Gasteiger partial charge on any atom is 0.260 e. The minimum Gasteiger partial charge on any atom is -0.356 e. The Morgan fingerprint density at radius 3 is 2.67 bits per heavy atom. The number of ether oxygens (including phenoxy) is 1. The van der Waals surface area contributed by atoms with E-state index in [1.165, 1.54) is 11.8 Å². The predicted octanol–water partition coefficient (Wildman–Crippen LogP) is 3.28. The number of hydrogen-bond acceptors (Lipinski definition) is 3. The van der Waals surface area contributed by atoms with Gasteiger partial charge in [0.25, 0.3) is 5.91 Å². The lowest BCUT2D eigenvalue weighted by molar-refractivity contribution is -0.120. The molecule has 1 aromatic rings. The van der Waals surface area contributed by atoms with Crippen molar-refractivity contribution < 1.29 is 9.53 Å². The number of carbonyl (C=O) groups excluding carboxylic acids is 1. The summed E-state index contributed by atoms with van der Waals surface area (Å²) in [6, 6.07) is 9.12. The summed E-state index contributed by atoms with van der Waals surface area (Å²) in [6.45, 7) is 2.09. The van der Waals surface area contributed by atoms with Gasteiger partial charge in [0.15, 0.2) is 5.06 Å². The van der Waals surface area contributed by atoms with E-state index >= 15 is 0 Å². The third kappa shape index (κ3) is 2.62. The Labute approximate surface area is 120 Å². The van der Waals surface area contributed by atoms with Crippen molar-refractivity contribution in [2.45, 2.75) is 16.2 Å². The lowest BCUT2D eigenvalue weighted by atomic mass is 10.2. The van der Waals surface area contributed by atoms with E-state index in [0.717, 1.165) is 0 Å². The summed E-state index contributed by atoms with van der Waals surface area (Å²) in [7, 11) is 0. The van der Waals surface area contributed by atoms with Crippen molar-refractivity contribution in [2.24, 2.45) is 0 Å². The Kier molecular flexibility index (Phi) is 4.11. The van der Waals surface area contributed by atoms with E-state index in [0.29, 0.717) is 18.0 Å². The summed E-state index contributed by atoms with van der Waals surface area (Å²) in [5.41, 5.74) is 0.682. The Morgan fingerprint density at radius 1 is 1.39 bits per heavy atom. The second kappa shape index (κ2) is 5.29. The van der Waals surface area contributed by atoms with Crippen LogP contribution in [0, 0.1) is 0 Å². The third-order valence-electron chi connectivity index (χ3n) is 2.66. The van der Waals surface area contributed by atoms with Gasteiger partial charge in [0.05, 0.1) is 6.61 Å². The fourth-order valence-electron chi connectivity index (χ4n) is 1.64. The number of benzene rings is 1. The zero-order valence-electron chi connectivity index (χ0n) is 9.78. The van der Waals surface area contributed by atoms with Gasteiger partial charge in [-0.3, -0.25) is 4.79 Å². The molecule has 2 rings (SSSR count). The van der Waals surface area contributed by atoms with Gasteiger partial charge >= 0.3 is 0 Å². The van der Waals surface area contributed by atoms with Gasteiger partial charge in [-0.15, -0.1) is 11.8 Å². The molecule has 1 aromatic carbocycles. The molecule has 0 bridgehead atoms. The molecule has 1 amide bonds. The van der Waals surface area contributed by atoms with Crippen molar-refractivity contribution >= 4 is 46.6 Å². The zero-order valence-corrected chi connectivity index (χ0v) is 12.1. The molecule has 0 aromatic heterocycles. The van der Waals surface area contributed by atoms with Gasteiger partial charge in [-0.25, -0.2) is 0 Å². The second-order valence-electron chi connectivity index (χ2n) is 4.03. The zero-order chi connectivity index (χ0) is 13.2. The molecule has 98 valence electrons. The van der Waals surface area contributed by atoms with E-state index < -0.39 is 9.27 Å². The highest BCUT2D eigenvalue weighted by atomic mass is 35.5. The molecule has 1 N–H and O–H groups in total. The van der Waals surface area contributed by atoms with Crippen molar-refractivity contribution in [3.8, 4) is 0 Å². The summed E-state index contributed by atoms with van der Waals surface area (Å²) in [6.07, 6.45) is 0. The summed E-state index contributed by atoms with van der Waals surface area (Å²) < 4.78 is 4.06. The fraction of sp³-hybridized carbons (Fsp3) is 0.417. The second-order valence-corrected chi connectivity index (χ2v) is 6.85. The first-order valence-corrected chi connectivity index (χ1v) is 7.22. The predicted molar refractivity (Wildman–Crippen MR) is 76.3 cm³/mol. The number of hydrogen-bond donors (Lipinski definition) is 1. The molecule has 0 aliphatic carbocycles. The van der Waals surface area contributed by atoms with Crippen molar-refractivity contribution in [1.29, 1.82) is 0 Å². The molecule has 1 aliphatic heterocycles. The van der Waals surface area contributed by atoms with Gasteiger partial charge < -0.3 is 10.1 Å². The van der Waals surface area contributed by atoms with E-state index in [9.17, 15) is 4.79 Å². The van der Waals surface area contributed by atoms with Crippen LogP contribution in [0.3, 0.4) is 0 Å². The van der Waals surface area contributed by atoms with Crippen LogP contribution in [0.5, 0.6) is 0 Å². The van der Waals surface area contributed by atoms with Gasteiger partial charge in [0.2, 0.25) is 4.21 Å². The average molecular weight is 306 g/mol. The van der Waals surface area contributed by atoms with E-state index in [1.807, 2.05) is 18.2 Å². The fourth-order valence-corrected chi connectivity index (χ4v) is 3.25. The number of halogens is 2. The molecule has 1 fully saturated rings. The highest BCUT2D eigenvalue weighted by molar-refractivity contribution is 8.03. The topological polar surface area (TPSA) is 38.3 Å². The molecule has 1 heterocycles. The number of para-hydroxylation sites is 1. The van der Waals surface area contributed by atoms with Crippen LogP contribution in [-0.4, -0.2) is 27.5 Å².